The highest BCUT2D eigenvalue weighted by atomic mass is 32.2. The lowest BCUT2D eigenvalue weighted by molar-refractivity contribution is 0.473. The van der Waals surface area contributed by atoms with Crippen LogP contribution in [0.4, 0.5) is 4.39 Å². The van der Waals surface area contributed by atoms with E-state index in [2.05, 4.69) is 46.5 Å². The molecule has 0 saturated heterocycles. The number of nitrogens with zero attached hydrogens (tertiary/aromatic N) is 1. The Morgan fingerprint density at radius 3 is 2.08 bits per heavy atom. The number of para-hydroxylation sites is 1. The van der Waals surface area contributed by atoms with E-state index in [-0.39, 0.29) is 4.34 Å². The molecular formula is C19H28FNO2S2Si. The molecule has 2 aromatic rings. The lowest BCUT2D eigenvalue weighted by atomic mass is 10.3. The Bertz CT molecular complexity index is 833. The fourth-order valence-electron chi connectivity index (χ4n) is 3.99. The van der Waals surface area contributed by atoms with Crippen LogP contribution < -0.4 is 0 Å². The van der Waals surface area contributed by atoms with Crippen molar-refractivity contribution in [1.29, 1.82) is 0 Å². The summed E-state index contributed by atoms with van der Waals surface area (Å²) < 4.78 is 40.8. The predicted molar refractivity (Wildman–Crippen MR) is 112 cm³/mol. The lowest BCUT2D eigenvalue weighted by Gasteiger charge is -2.40. The summed E-state index contributed by atoms with van der Waals surface area (Å²) in [7, 11) is -6.13. The van der Waals surface area contributed by atoms with E-state index in [1.807, 2.05) is 11.8 Å². The smallest absolute Gasteiger partial charge is 0.225 e. The minimum absolute atomic E-state index is 0.151. The van der Waals surface area contributed by atoms with Crippen LogP contribution in [0.15, 0.2) is 40.4 Å². The number of rotatable bonds is 7. The zero-order valence-electron chi connectivity index (χ0n) is 16.2. The van der Waals surface area contributed by atoms with E-state index < -0.39 is 23.4 Å². The zero-order valence-corrected chi connectivity index (χ0v) is 18.9. The molecule has 0 N–H and O–H groups in total. The van der Waals surface area contributed by atoms with Crippen molar-refractivity contribution in [3.05, 3.63) is 36.0 Å². The Balaban J connectivity index is 2.39. The molecule has 3 nitrogen and oxygen atoms in total. The van der Waals surface area contributed by atoms with Crippen molar-refractivity contribution >= 4 is 39.5 Å². The van der Waals surface area contributed by atoms with E-state index in [1.165, 1.54) is 6.08 Å². The molecule has 1 unspecified atom stereocenters. The van der Waals surface area contributed by atoms with Gasteiger partial charge in [0.2, 0.25) is 19.7 Å². The normalized spacial score (nSPS) is 15.0. The van der Waals surface area contributed by atoms with Crippen molar-refractivity contribution in [2.75, 3.05) is 0 Å². The second-order valence-electron chi connectivity index (χ2n) is 7.67. The monoisotopic (exact) mass is 413 g/mol. The van der Waals surface area contributed by atoms with E-state index in [1.54, 1.807) is 18.2 Å². The minimum Gasteiger partial charge on any atom is -0.225 e. The maximum atomic E-state index is 14.8. The number of aromatic nitrogens is 1. The van der Waals surface area contributed by atoms with Gasteiger partial charge in [-0.25, -0.2) is 17.8 Å². The number of thiazole rings is 1. The molecule has 144 valence electrons. The summed E-state index contributed by atoms with van der Waals surface area (Å²) in [6.07, 6.45) is 1.27. The van der Waals surface area contributed by atoms with Crippen molar-refractivity contribution in [3.8, 4) is 0 Å². The molecule has 0 spiro atoms. The summed E-state index contributed by atoms with van der Waals surface area (Å²) in [6, 6.07) is 7.14. The van der Waals surface area contributed by atoms with Crippen LogP contribution in [0.1, 0.15) is 41.5 Å². The molecular weight excluding hydrogens is 385 g/mol. The number of benzene rings is 1. The van der Waals surface area contributed by atoms with E-state index >= 15 is 0 Å². The van der Waals surface area contributed by atoms with Gasteiger partial charge in [0.25, 0.3) is 0 Å². The quantitative estimate of drug-likeness (QED) is 0.512. The summed E-state index contributed by atoms with van der Waals surface area (Å²) in [4.78, 5) is 4.12. The first kappa shape index (κ1) is 21.2. The van der Waals surface area contributed by atoms with Crippen LogP contribution in [0.2, 0.25) is 16.6 Å². The molecule has 0 radical (unpaired) electrons. The molecule has 0 saturated carbocycles. The third-order valence-electron chi connectivity index (χ3n) is 5.35. The lowest BCUT2D eigenvalue weighted by Crippen LogP contribution is -2.43. The van der Waals surface area contributed by atoms with E-state index in [4.69, 9.17) is 0 Å². The molecule has 0 amide bonds. The maximum absolute atomic E-state index is 14.8. The van der Waals surface area contributed by atoms with Gasteiger partial charge in [-0.15, -0.1) is 11.3 Å². The Hall–Kier alpha value is -1.05. The average Bonchev–Trinajstić information content (AvgIpc) is 2.99. The first-order valence-corrected chi connectivity index (χ1v) is 13.6. The highest BCUT2D eigenvalue weighted by Gasteiger charge is 2.41. The molecule has 1 aromatic carbocycles. The second kappa shape index (κ2) is 7.90. The Morgan fingerprint density at radius 1 is 1.04 bits per heavy atom. The number of halogens is 1. The molecule has 0 aliphatic carbocycles. The van der Waals surface area contributed by atoms with Gasteiger partial charge < -0.3 is 0 Å². The molecule has 7 heteroatoms. The minimum atomic E-state index is -4.12. The summed E-state index contributed by atoms with van der Waals surface area (Å²) in [5.41, 5.74) is 1.64. The largest absolute Gasteiger partial charge is 0.241 e. The molecule has 26 heavy (non-hydrogen) atoms. The summed E-state index contributed by atoms with van der Waals surface area (Å²) in [5.74, 6) is 0. The van der Waals surface area contributed by atoms with E-state index in [0.717, 1.165) is 16.0 Å². The van der Waals surface area contributed by atoms with Gasteiger partial charge in [-0.2, -0.15) is 0 Å². The number of hydrogen-bond acceptors (Lipinski definition) is 4. The third-order valence-corrected chi connectivity index (χ3v) is 15.2. The highest BCUT2D eigenvalue weighted by molar-refractivity contribution is 7.94. The van der Waals surface area contributed by atoms with Crippen molar-refractivity contribution in [2.45, 2.75) is 68.0 Å². The Labute approximate surface area is 161 Å². The van der Waals surface area contributed by atoms with Crippen LogP contribution in [-0.4, -0.2) is 27.0 Å². The number of sulfone groups is 1. The van der Waals surface area contributed by atoms with Crippen LogP contribution in [0, 0.1) is 0 Å². The second-order valence-corrected chi connectivity index (χ2v) is 16.7. The Kier molecular flexibility index (Phi) is 6.46. The summed E-state index contributed by atoms with van der Waals surface area (Å²) in [6.45, 7) is 13.0. The average molecular weight is 414 g/mol. The zero-order chi connectivity index (χ0) is 19.7. The molecule has 1 atom stereocenters. The molecule has 0 aliphatic rings. The Morgan fingerprint density at radius 2 is 1.58 bits per heavy atom. The van der Waals surface area contributed by atoms with Crippen molar-refractivity contribution < 1.29 is 12.8 Å². The first-order chi connectivity index (χ1) is 12.0. The summed E-state index contributed by atoms with van der Waals surface area (Å²) in [5, 5.41) is 0. The van der Waals surface area contributed by atoms with Crippen LogP contribution in [0.5, 0.6) is 0 Å². The predicted octanol–water partition coefficient (Wildman–Crippen LogP) is 6.14. The highest BCUT2D eigenvalue weighted by Crippen LogP contribution is 2.42. The van der Waals surface area contributed by atoms with Gasteiger partial charge >= 0.3 is 0 Å². The number of hydrogen-bond donors (Lipinski definition) is 0. The van der Waals surface area contributed by atoms with Gasteiger partial charge in [-0.05, 0) is 34.8 Å². The van der Waals surface area contributed by atoms with Gasteiger partial charge in [0.1, 0.15) is 0 Å². The summed E-state index contributed by atoms with van der Waals surface area (Å²) >= 11 is 1.02. The topological polar surface area (TPSA) is 47.0 Å². The molecule has 0 bridgehead atoms. The van der Waals surface area contributed by atoms with E-state index in [9.17, 15) is 12.8 Å². The number of alkyl halides is 1. The van der Waals surface area contributed by atoms with Crippen LogP contribution in [0.25, 0.3) is 10.2 Å². The standard InChI is InChI=1S/C19H28FNO2S2Si/c1-13(2)26(14(3)4,15(5)6)12-11-18(20)25(22,23)19-21-16-9-7-8-10-17(16)24-19/h7-15,18H,1-6H3/b12-11+. The SMILES string of the molecule is CC(C)[Si](/C=C/C(F)S(=O)(=O)c1nc2ccccc2s1)(C(C)C)C(C)C. The first-order valence-electron chi connectivity index (χ1n) is 8.96. The maximum Gasteiger partial charge on any atom is 0.241 e. The molecule has 0 aliphatic heterocycles. The fraction of sp³-hybridized carbons (Fsp3) is 0.526. The van der Waals surface area contributed by atoms with Gasteiger partial charge in [0.15, 0.2) is 0 Å². The van der Waals surface area contributed by atoms with Crippen molar-refractivity contribution in [3.63, 3.8) is 0 Å². The van der Waals surface area contributed by atoms with E-state index in [0.29, 0.717) is 22.1 Å². The van der Waals surface area contributed by atoms with Crippen molar-refractivity contribution in [2.24, 2.45) is 0 Å². The van der Waals surface area contributed by atoms with Gasteiger partial charge in [-0.3, -0.25) is 0 Å². The van der Waals surface area contributed by atoms with Crippen LogP contribution in [-0.2, 0) is 9.84 Å². The molecule has 0 fully saturated rings. The number of fused-ring (bicyclic) bond motifs is 1. The molecule has 2 rings (SSSR count). The van der Waals surface area contributed by atoms with Crippen LogP contribution >= 0.6 is 11.3 Å². The van der Waals surface area contributed by atoms with Gasteiger partial charge in [0.05, 0.1) is 18.3 Å². The van der Waals surface area contributed by atoms with Crippen LogP contribution in [0.3, 0.4) is 0 Å². The van der Waals surface area contributed by atoms with Gasteiger partial charge in [-0.1, -0.05) is 59.4 Å². The van der Waals surface area contributed by atoms with Crippen molar-refractivity contribution in [1.82, 2.24) is 4.98 Å². The fourth-order valence-corrected chi connectivity index (χ4v) is 12.2. The molecule has 1 heterocycles. The van der Waals surface area contributed by atoms with Gasteiger partial charge in [0, 0.05) is 0 Å². The third kappa shape index (κ3) is 3.80. The molecule has 1 aromatic heterocycles.